The highest BCUT2D eigenvalue weighted by Gasteiger charge is 2.11. The molecule has 144 valence electrons. The van der Waals surface area contributed by atoms with E-state index < -0.39 is 0 Å². The van der Waals surface area contributed by atoms with Crippen LogP contribution in [0.2, 0.25) is 0 Å². The highest BCUT2D eigenvalue weighted by atomic mass is 16.1. The van der Waals surface area contributed by atoms with Crippen molar-refractivity contribution in [3.8, 4) is 0 Å². The minimum atomic E-state index is -0.206. The molecule has 0 saturated heterocycles. The Bertz CT molecular complexity index is 770. The zero-order valence-corrected chi connectivity index (χ0v) is 16.3. The number of carbonyl (C=O) groups is 2. The smallest absolute Gasteiger partial charge is 0.251 e. The lowest BCUT2D eigenvalue weighted by Gasteiger charge is -2.19. The molecule has 0 fully saturated rings. The Morgan fingerprint density at radius 3 is 2.44 bits per heavy atom. The van der Waals surface area contributed by atoms with Crippen molar-refractivity contribution in [2.24, 2.45) is 0 Å². The predicted molar refractivity (Wildman–Crippen MR) is 109 cm³/mol. The van der Waals surface area contributed by atoms with Gasteiger partial charge in [-0.2, -0.15) is 0 Å². The molecule has 2 amide bonds. The molecule has 0 bridgehead atoms. The molecule has 2 rings (SSSR count). The summed E-state index contributed by atoms with van der Waals surface area (Å²) >= 11 is 0. The van der Waals surface area contributed by atoms with Gasteiger partial charge in [-0.25, -0.2) is 4.98 Å². The van der Waals surface area contributed by atoms with Gasteiger partial charge in [-0.3, -0.25) is 9.59 Å². The third-order valence-electron chi connectivity index (χ3n) is 4.30. The molecule has 0 aliphatic heterocycles. The number of nitrogens with one attached hydrogen (secondary N) is 2. The second-order valence-corrected chi connectivity index (χ2v) is 6.27. The number of amides is 2. The van der Waals surface area contributed by atoms with E-state index in [4.69, 9.17) is 0 Å². The van der Waals surface area contributed by atoms with Crippen molar-refractivity contribution in [1.82, 2.24) is 10.3 Å². The largest absolute Gasteiger partial charge is 0.376 e. The van der Waals surface area contributed by atoms with Crippen molar-refractivity contribution in [3.05, 3.63) is 47.7 Å². The van der Waals surface area contributed by atoms with Gasteiger partial charge in [0.15, 0.2) is 0 Å². The summed E-state index contributed by atoms with van der Waals surface area (Å²) in [6, 6.07) is 9.15. The molecule has 27 heavy (non-hydrogen) atoms. The molecule has 1 heterocycles. The number of hydrogen-bond acceptors (Lipinski definition) is 5. The van der Waals surface area contributed by atoms with E-state index in [-0.39, 0.29) is 5.91 Å². The molecule has 2 N–H and O–H groups in total. The zero-order chi connectivity index (χ0) is 19.8. The molecule has 0 spiro atoms. The van der Waals surface area contributed by atoms with Crippen LogP contribution < -0.4 is 20.4 Å². The van der Waals surface area contributed by atoms with Gasteiger partial charge in [0.1, 0.15) is 5.82 Å². The molecule has 0 radical (unpaired) electrons. The molecular formula is C20H27N5O2. The zero-order valence-electron chi connectivity index (χ0n) is 16.3. The maximum Gasteiger partial charge on any atom is 0.251 e. The first-order chi connectivity index (χ1) is 13.0. The summed E-state index contributed by atoms with van der Waals surface area (Å²) in [5.74, 6) is 0.723. The van der Waals surface area contributed by atoms with Gasteiger partial charge in [-0.15, -0.1) is 0 Å². The van der Waals surface area contributed by atoms with E-state index in [0.29, 0.717) is 24.2 Å². The molecule has 0 unspecified atom stereocenters. The van der Waals surface area contributed by atoms with Crippen molar-refractivity contribution in [3.63, 3.8) is 0 Å². The van der Waals surface area contributed by atoms with Gasteiger partial charge >= 0.3 is 0 Å². The van der Waals surface area contributed by atoms with Crippen LogP contribution in [-0.2, 0) is 11.3 Å². The number of hydrogen-bond donors (Lipinski definition) is 2. The summed E-state index contributed by atoms with van der Waals surface area (Å²) < 4.78 is 0. The lowest BCUT2D eigenvalue weighted by molar-refractivity contribution is -0.105. The minimum Gasteiger partial charge on any atom is -0.376 e. The molecule has 0 atom stereocenters. The first kappa shape index (κ1) is 20.2. The Labute approximate surface area is 160 Å². The predicted octanol–water partition coefficient (Wildman–Crippen LogP) is 2.49. The Morgan fingerprint density at radius 1 is 1.15 bits per heavy atom. The van der Waals surface area contributed by atoms with Gasteiger partial charge in [-0.05, 0) is 43.7 Å². The van der Waals surface area contributed by atoms with Crippen LogP contribution in [0.25, 0.3) is 0 Å². The summed E-state index contributed by atoms with van der Waals surface area (Å²) in [4.78, 5) is 31.8. The topological polar surface area (TPSA) is 77.6 Å². The van der Waals surface area contributed by atoms with E-state index in [1.807, 2.05) is 31.1 Å². The molecule has 0 saturated carbocycles. The fraction of sp³-hybridized carbons (Fsp3) is 0.350. The van der Waals surface area contributed by atoms with Gasteiger partial charge in [0, 0.05) is 45.5 Å². The summed E-state index contributed by atoms with van der Waals surface area (Å²) in [6.45, 7) is 6.37. The van der Waals surface area contributed by atoms with E-state index in [0.717, 1.165) is 30.2 Å². The third-order valence-corrected chi connectivity index (χ3v) is 4.30. The minimum absolute atomic E-state index is 0.206. The van der Waals surface area contributed by atoms with Crippen LogP contribution in [-0.4, -0.2) is 44.5 Å². The average Bonchev–Trinajstić information content (AvgIpc) is 2.68. The van der Waals surface area contributed by atoms with Gasteiger partial charge < -0.3 is 20.4 Å². The summed E-state index contributed by atoms with van der Waals surface area (Å²) in [6.07, 6.45) is 2.38. The standard InChI is InChI=1S/C20H27N5O2/c1-5-25(6-2)19-10-7-15(12-21-19)13-22-20(27)16-8-9-18(24(3)4)17(11-16)23-14-26/h7-12,14H,5-6,13H2,1-4H3,(H,22,27)(H,23,26). The Balaban J connectivity index is 2.05. The van der Waals surface area contributed by atoms with Crippen LogP contribution in [0.1, 0.15) is 29.8 Å². The Kier molecular flexibility index (Phi) is 7.16. The van der Waals surface area contributed by atoms with E-state index in [9.17, 15) is 9.59 Å². The highest BCUT2D eigenvalue weighted by Crippen LogP contribution is 2.25. The van der Waals surface area contributed by atoms with Crippen LogP contribution in [0.15, 0.2) is 36.5 Å². The molecule has 1 aromatic heterocycles. The van der Waals surface area contributed by atoms with Crippen LogP contribution in [0.4, 0.5) is 17.2 Å². The van der Waals surface area contributed by atoms with Crippen LogP contribution in [0, 0.1) is 0 Å². The number of benzene rings is 1. The van der Waals surface area contributed by atoms with E-state index >= 15 is 0 Å². The summed E-state index contributed by atoms with van der Waals surface area (Å²) in [5, 5.41) is 5.53. The third kappa shape index (κ3) is 5.20. The van der Waals surface area contributed by atoms with Crippen molar-refractivity contribution in [2.75, 3.05) is 42.3 Å². The van der Waals surface area contributed by atoms with Crippen molar-refractivity contribution in [2.45, 2.75) is 20.4 Å². The van der Waals surface area contributed by atoms with Crippen LogP contribution >= 0.6 is 0 Å². The number of pyridine rings is 1. The fourth-order valence-corrected chi connectivity index (χ4v) is 2.79. The molecule has 7 heteroatoms. The second kappa shape index (κ2) is 9.56. The number of rotatable bonds is 9. The van der Waals surface area contributed by atoms with E-state index in [1.54, 1.807) is 24.4 Å². The quantitative estimate of drug-likeness (QED) is 0.664. The van der Waals surface area contributed by atoms with Crippen LogP contribution in [0.5, 0.6) is 0 Å². The number of nitrogens with zero attached hydrogens (tertiary/aromatic N) is 3. The molecular weight excluding hydrogens is 342 g/mol. The van der Waals surface area contributed by atoms with Crippen molar-refractivity contribution >= 4 is 29.5 Å². The first-order valence-electron chi connectivity index (χ1n) is 8.99. The average molecular weight is 369 g/mol. The summed E-state index contributed by atoms with van der Waals surface area (Å²) in [7, 11) is 3.75. The summed E-state index contributed by atoms with van der Waals surface area (Å²) in [5.41, 5.74) is 2.83. The molecule has 2 aromatic rings. The molecule has 1 aromatic carbocycles. The first-order valence-corrected chi connectivity index (χ1v) is 8.99. The number of anilines is 3. The van der Waals surface area contributed by atoms with Crippen LogP contribution in [0.3, 0.4) is 0 Å². The normalized spacial score (nSPS) is 10.2. The lowest BCUT2D eigenvalue weighted by atomic mass is 10.1. The van der Waals surface area contributed by atoms with E-state index in [1.165, 1.54) is 0 Å². The van der Waals surface area contributed by atoms with Gasteiger partial charge in [0.25, 0.3) is 5.91 Å². The Hall–Kier alpha value is -3.09. The van der Waals surface area contributed by atoms with Crippen molar-refractivity contribution in [1.29, 1.82) is 0 Å². The van der Waals surface area contributed by atoms with E-state index in [2.05, 4.69) is 34.4 Å². The molecule has 0 aliphatic rings. The maximum absolute atomic E-state index is 12.5. The monoisotopic (exact) mass is 369 g/mol. The lowest BCUT2D eigenvalue weighted by Crippen LogP contribution is -2.24. The number of aromatic nitrogens is 1. The molecule has 0 aliphatic carbocycles. The van der Waals surface area contributed by atoms with Gasteiger partial charge in [0.05, 0.1) is 11.4 Å². The SMILES string of the molecule is CCN(CC)c1ccc(CNC(=O)c2ccc(N(C)C)c(NC=O)c2)cn1. The fourth-order valence-electron chi connectivity index (χ4n) is 2.79. The highest BCUT2D eigenvalue weighted by molar-refractivity contribution is 5.97. The second-order valence-electron chi connectivity index (χ2n) is 6.27. The van der Waals surface area contributed by atoms with Gasteiger partial charge in [-0.1, -0.05) is 6.07 Å². The Morgan fingerprint density at radius 2 is 1.89 bits per heavy atom. The van der Waals surface area contributed by atoms with Gasteiger partial charge in [0.2, 0.25) is 6.41 Å². The van der Waals surface area contributed by atoms with Crippen molar-refractivity contribution < 1.29 is 9.59 Å². The molecule has 7 nitrogen and oxygen atoms in total. The number of carbonyl (C=O) groups excluding carboxylic acids is 2. The maximum atomic E-state index is 12.5.